The van der Waals surface area contributed by atoms with Crippen molar-refractivity contribution in [1.82, 2.24) is 10.6 Å². The van der Waals surface area contributed by atoms with E-state index >= 15 is 0 Å². The second-order valence-electron chi connectivity index (χ2n) is 6.37. The molecule has 6 nitrogen and oxygen atoms in total. The maximum absolute atomic E-state index is 12.7. The number of amides is 3. The van der Waals surface area contributed by atoms with Crippen LogP contribution in [-0.2, 0) is 4.79 Å². The lowest BCUT2D eigenvalue weighted by Gasteiger charge is -2.19. The first-order valence-electron chi connectivity index (χ1n) is 8.91. The fraction of sp³-hybridized carbons (Fsp3) is 0.0909. The molecule has 6 heteroatoms. The number of furan rings is 1. The summed E-state index contributed by atoms with van der Waals surface area (Å²) in [7, 11) is 1.46. The molecule has 3 N–H and O–H groups in total. The molecular formula is C22H19N3O3. The van der Waals surface area contributed by atoms with Crippen molar-refractivity contribution in [2.45, 2.75) is 6.04 Å². The number of rotatable bonds is 4. The number of nitrogens with one attached hydrogen (secondary N) is 3. The SMILES string of the molecule is CNC(=O)NC(=O)[C@@H](Nc1ccc2oc3ccccc3c2c1)c1ccccc1. The first-order valence-corrected chi connectivity index (χ1v) is 8.91. The van der Waals surface area contributed by atoms with E-state index in [4.69, 9.17) is 4.42 Å². The monoisotopic (exact) mass is 373 g/mol. The van der Waals surface area contributed by atoms with E-state index in [9.17, 15) is 9.59 Å². The first-order chi connectivity index (χ1) is 13.7. The number of carbonyl (C=O) groups excluding carboxylic acids is 2. The van der Waals surface area contributed by atoms with Crippen LogP contribution in [0.15, 0.2) is 77.2 Å². The average Bonchev–Trinajstić information content (AvgIpc) is 3.10. The minimum Gasteiger partial charge on any atom is -0.456 e. The van der Waals surface area contributed by atoms with Crippen LogP contribution in [0.4, 0.5) is 10.5 Å². The van der Waals surface area contributed by atoms with Crippen LogP contribution in [0, 0.1) is 0 Å². The van der Waals surface area contributed by atoms with Crippen LogP contribution < -0.4 is 16.0 Å². The summed E-state index contributed by atoms with van der Waals surface area (Å²) in [6, 6.07) is 21.5. The Morgan fingerprint density at radius 1 is 0.857 bits per heavy atom. The van der Waals surface area contributed by atoms with Crippen molar-refractivity contribution in [3.05, 3.63) is 78.4 Å². The highest BCUT2D eigenvalue weighted by molar-refractivity contribution is 6.06. The second-order valence-corrected chi connectivity index (χ2v) is 6.37. The highest BCUT2D eigenvalue weighted by Crippen LogP contribution is 2.31. The van der Waals surface area contributed by atoms with Crippen molar-refractivity contribution < 1.29 is 14.0 Å². The third-order valence-corrected chi connectivity index (χ3v) is 4.55. The first kappa shape index (κ1) is 17.6. The summed E-state index contributed by atoms with van der Waals surface area (Å²) in [6.07, 6.45) is 0. The molecule has 0 aliphatic rings. The van der Waals surface area contributed by atoms with E-state index in [0.717, 1.165) is 33.2 Å². The van der Waals surface area contributed by atoms with Crippen LogP contribution in [0.1, 0.15) is 11.6 Å². The smallest absolute Gasteiger partial charge is 0.321 e. The molecule has 0 saturated heterocycles. The van der Waals surface area contributed by atoms with Crippen LogP contribution in [-0.4, -0.2) is 19.0 Å². The van der Waals surface area contributed by atoms with Crippen molar-refractivity contribution in [1.29, 1.82) is 0 Å². The Morgan fingerprint density at radius 3 is 2.36 bits per heavy atom. The Bertz CT molecular complexity index is 1150. The summed E-state index contributed by atoms with van der Waals surface area (Å²) >= 11 is 0. The third-order valence-electron chi connectivity index (χ3n) is 4.55. The summed E-state index contributed by atoms with van der Waals surface area (Å²) < 4.78 is 5.85. The second kappa shape index (κ2) is 7.44. The molecule has 1 aromatic heterocycles. The van der Waals surface area contributed by atoms with E-state index in [2.05, 4.69) is 16.0 Å². The van der Waals surface area contributed by atoms with Crippen LogP contribution >= 0.6 is 0 Å². The van der Waals surface area contributed by atoms with Gasteiger partial charge in [-0.25, -0.2) is 4.79 Å². The van der Waals surface area contributed by atoms with Crippen LogP contribution in [0.5, 0.6) is 0 Å². The molecule has 0 fully saturated rings. The maximum Gasteiger partial charge on any atom is 0.321 e. The molecular weight excluding hydrogens is 354 g/mol. The predicted octanol–water partition coefficient (Wildman–Crippen LogP) is 4.19. The fourth-order valence-electron chi connectivity index (χ4n) is 3.17. The van der Waals surface area contributed by atoms with Gasteiger partial charge in [-0.05, 0) is 29.8 Å². The number of anilines is 1. The van der Waals surface area contributed by atoms with E-state index in [0.29, 0.717) is 0 Å². The van der Waals surface area contributed by atoms with Gasteiger partial charge in [0.15, 0.2) is 0 Å². The Morgan fingerprint density at radius 2 is 1.57 bits per heavy atom. The fourth-order valence-corrected chi connectivity index (χ4v) is 3.17. The molecule has 1 atom stereocenters. The molecule has 28 heavy (non-hydrogen) atoms. The van der Waals surface area contributed by atoms with Gasteiger partial charge in [-0.2, -0.15) is 0 Å². The molecule has 3 amide bonds. The highest BCUT2D eigenvalue weighted by atomic mass is 16.3. The topological polar surface area (TPSA) is 83.4 Å². The number of hydrogen-bond acceptors (Lipinski definition) is 4. The predicted molar refractivity (Wildman–Crippen MR) is 109 cm³/mol. The molecule has 0 spiro atoms. The minimum atomic E-state index is -0.728. The van der Waals surface area contributed by atoms with Crippen molar-refractivity contribution in [2.24, 2.45) is 0 Å². The van der Waals surface area contributed by atoms with Crippen LogP contribution in [0.2, 0.25) is 0 Å². The molecule has 0 aliphatic heterocycles. The standard InChI is InChI=1S/C22H19N3O3/c1-23-22(27)25-21(26)20(14-7-3-2-4-8-14)24-15-11-12-19-17(13-15)16-9-5-6-10-18(16)28-19/h2-13,20,24H,1H3,(H2,23,25,26,27)/t20-/m0/s1. The van der Waals surface area contributed by atoms with Gasteiger partial charge in [-0.1, -0.05) is 48.5 Å². The zero-order chi connectivity index (χ0) is 19.5. The van der Waals surface area contributed by atoms with Gasteiger partial charge in [0.1, 0.15) is 17.2 Å². The Balaban J connectivity index is 1.70. The van der Waals surface area contributed by atoms with Gasteiger partial charge < -0.3 is 15.1 Å². The van der Waals surface area contributed by atoms with E-state index in [1.54, 1.807) is 0 Å². The number of hydrogen-bond donors (Lipinski definition) is 3. The third kappa shape index (κ3) is 3.40. The number of fused-ring (bicyclic) bond motifs is 3. The minimum absolute atomic E-state index is 0.442. The van der Waals surface area contributed by atoms with Crippen molar-refractivity contribution >= 4 is 39.6 Å². The normalized spacial score (nSPS) is 11.9. The van der Waals surface area contributed by atoms with Gasteiger partial charge in [0.25, 0.3) is 5.91 Å². The Hall–Kier alpha value is -3.80. The lowest BCUT2D eigenvalue weighted by molar-refractivity contribution is -0.120. The van der Waals surface area contributed by atoms with Crippen molar-refractivity contribution in [3.63, 3.8) is 0 Å². The summed E-state index contributed by atoms with van der Waals surface area (Å²) in [5.41, 5.74) is 3.09. The molecule has 0 bridgehead atoms. The van der Waals surface area contributed by atoms with E-state index in [1.807, 2.05) is 72.8 Å². The van der Waals surface area contributed by atoms with Gasteiger partial charge in [0, 0.05) is 23.5 Å². The zero-order valence-corrected chi connectivity index (χ0v) is 15.2. The Labute approximate surface area is 161 Å². The van der Waals surface area contributed by atoms with Crippen molar-refractivity contribution in [2.75, 3.05) is 12.4 Å². The lowest BCUT2D eigenvalue weighted by atomic mass is 10.1. The summed E-state index contributed by atoms with van der Waals surface area (Å²) in [6.45, 7) is 0. The van der Waals surface area contributed by atoms with Crippen LogP contribution in [0.3, 0.4) is 0 Å². The van der Waals surface area contributed by atoms with Crippen molar-refractivity contribution in [3.8, 4) is 0 Å². The molecule has 0 aliphatic carbocycles. The maximum atomic E-state index is 12.7. The zero-order valence-electron chi connectivity index (χ0n) is 15.2. The van der Waals surface area contributed by atoms with E-state index in [1.165, 1.54) is 7.05 Å². The van der Waals surface area contributed by atoms with Gasteiger partial charge in [0.05, 0.1) is 0 Å². The number of benzene rings is 3. The average molecular weight is 373 g/mol. The number of para-hydroxylation sites is 1. The highest BCUT2D eigenvalue weighted by Gasteiger charge is 2.22. The Kier molecular flexibility index (Phi) is 4.68. The van der Waals surface area contributed by atoms with Gasteiger partial charge in [-0.15, -0.1) is 0 Å². The molecule has 0 unspecified atom stereocenters. The number of urea groups is 1. The van der Waals surface area contributed by atoms with E-state index in [-0.39, 0.29) is 0 Å². The summed E-state index contributed by atoms with van der Waals surface area (Å²) in [5.74, 6) is -0.442. The van der Waals surface area contributed by atoms with Gasteiger partial charge in [-0.3, -0.25) is 10.1 Å². The van der Waals surface area contributed by atoms with Crippen LogP contribution in [0.25, 0.3) is 21.9 Å². The molecule has 0 radical (unpaired) electrons. The largest absolute Gasteiger partial charge is 0.456 e. The van der Waals surface area contributed by atoms with Gasteiger partial charge in [0.2, 0.25) is 0 Å². The summed E-state index contributed by atoms with van der Waals surface area (Å²) in [5, 5.41) is 9.94. The van der Waals surface area contributed by atoms with Gasteiger partial charge >= 0.3 is 6.03 Å². The molecule has 140 valence electrons. The molecule has 1 heterocycles. The summed E-state index contributed by atoms with van der Waals surface area (Å²) in [4.78, 5) is 24.3. The molecule has 4 rings (SSSR count). The quantitative estimate of drug-likeness (QED) is 0.501. The molecule has 0 saturated carbocycles. The number of carbonyl (C=O) groups is 2. The molecule has 4 aromatic rings. The lowest BCUT2D eigenvalue weighted by Crippen LogP contribution is -2.42. The van der Waals surface area contributed by atoms with E-state index < -0.39 is 18.0 Å². The molecule has 3 aromatic carbocycles. The number of imide groups is 1.